The summed E-state index contributed by atoms with van der Waals surface area (Å²) in [6, 6.07) is 6.87. The van der Waals surface area contributed by atoms with Gasteiger partial charge in [-0.15, -0.1) is 0 Å². The molecule has 25 heavy (non-hydrogen) atoms. The second-order valence-electron chi connectivity index (χ2n) is 4.98. The van der Waals surface area contributed by atoms with Crippen LogP contribution in [0.3, 0.4) is 0 Å². The predicted octanol–water partition coefficient (Wildman–Crippen LogP) is 4.70. The molecule has 0 aliphatic carbocycles. The molecule has 0 spiro atoms. The molecule has 0 saturated heterocycles. The van der Waals surface area contributed by atoms with Gasteiger partial charge in [-0.1, -0.05) is 6.58 Å². The Morgan fingerprint density at radius 2 is 1.92 bits per heavy atom. The second kappa shape index (κ2) is 8.23. The van der Waals surface area contributed by atoms with Crippen LogP contribution in [0, 0.1) is 0 Å². The number of rotatable bonds is 7. The Kier molecular flexibility index (Phi) is 6.05. The minimum atomic E-state index is -4.39. The van der Waals surface area contributed by atoms with Gasteiger partial charge in [0.2, 0.25) is 0 Å². The van der Waals surface area contributed by atoms with E-state index in [4.69, 9.17) is 4.74 Å². The van der Waals surface area contributed by atoms with Gasteiger partial charge in [0.25, 0.3) is 0 Å². The number of allylic oxidation sites excluding steroid dienone is 1. The van der Waals surface area contributed by atoms with Crippen LogP contribution < -0.4 is 15.4 Å². The highest BCUT2D eigenvalue weighted by Crippen LogP contribution is 2.33. The molecule has 0 bridgehead atoms. The number of nitrogens with one attached hydrogen (secondary N) is 2. The molecule has 7 heteroatoms. The molecule has 0 atom stereocenters. The van der Waals surface area contributed by atoms with Gasteiger partial charge >= 0.3 is 6.18 Å². The van der Waals surface area contributed by atoms with E-state index in [-0.39, 0.29) is 6.54 Å². The summed E-state index contributed by atoms with van der Waals surface area (Å²) in [6.07, 6.45) is 2.00. The number of halogens is 3. The maximum atomic E-state index is 12.9. The first-order valence-electron chi connectivity index (χ1n) is 7.47. The van der Waals surface area contributed by atoms with Crippen LogP contribution in [0.4, 0.5) is 24.5 Å². The van der Waals surface area contributed by atoms with Crippen molar-refractivity contribution in [2.75, 3.05) is 24.2 Å². The SMILES string of the molecule is C=C/C(=C\CNc1cc(C(F)(F)F)ccc1NC)Oc1ccncc1. The Hall–Kier alpha value is -2.96. The van der Waals surface area contributed by atoms with Gasteiger partial charge in [0, 0.05) is 26.0 Å². The van der Waals surface area contributed by atoms with Crippen molar-refractivity contribution in [1.82, 2.24) is 4.98 Å². The molecule has 0 fully saturated rings. The van der Waals surface area contributed by atoms with E-state index in [0.717, 1.165) is 12.1 Å². The highest BCUT2D eigenvalue weighted by atomic mass is 19.4. The topological polar surface area (TPSA) is 46.2 Å². The molecule has 1 aromatic carbocycles. The number of nitrogens with zero attached hydrogens (tertiary/aromatic N) is 1. The Morgan fingerprint density at radius 1 is 1.20 bits per heavy atom. The summed E-state index contributed by atoms with van der Waals surface area (Å²) in [6.45, 7) is 3.93. The highest BCUT2D eigenvalue weighted by molar-refractivity contribution is 5.70. The first kappa shape index (κ1) is 18.4. The molecule has 0 unspecified atom stereocenters. The molecule has 0 radical (unpaired) electrons. The number of aromatic nitrogens is 1. The third-order valence-electron chi connectivity index (χ3n) is 3.30. The van der Waals surface area contributed by atoms with E-state index in [1.54, 1.807) is 37.7 Å². The quantitative estimate of drug-likeness (QED) is 0.562. The Bertz CT molecular complexity index is 743. The molecule has 0 saturated carbocycles. The van der Waals surface area contributed by atoms with Crippen molar-refractivity contribution >= 4 is 11.4 Å². The van der Waals surface area contributed by atoms with Crippen molar-refractivity contribution in [1.29, 1.82) is 0 Å². The molecule has 132 valence electrons. The zero-order valence-corrected chi connectivity index (χ0v) is 13.6. The first-order valence-corrected chi connectivity index (χ1v) is 7.47. The van der Waals surface area contributed by atoms with E-state index in [1.165, 1.54) is 12.1 Å². The lowest BCUT2D eigenvalue weighted by atomic mass is 10.1. The summed E-state index contributed by atoms with van der Waals surface area (Å²) >= 11 is 0. The number of hydrogen-bond donors (Lipinski definition) is 2. The van der Waals surface area contributed by atoms with Crippen molar-refractivity contribution in [2.24, 2.45) is 0 Å². The van der Waals surface area contributed by atoms with Crippen LogP contribution in [0.1, 0.15) is 5.56 Å². The standard InChI is InChI=1S/C18H18F3N3O/c1-3-14(25-15-6-9-23-10-7-15)8-11-24-17-12-13(18(19,20)21)4-5-16(17)22-2/h3-10,12,22,24H,1,11H2,2H3/b14-8+. The van der Waals surface area contributed by atoms with Crippen molar-refractivity contribution in [2.45, 2.75) is 6.18 Å². The average molecular weight is 349 g/mol. The molecule has 1 heterocycles. The lowest BCUT2D eigenvalue weighted by Crippen LogP contribution is -2.09. The van der Waals surface area contributed by atoms with Crippen molar-refractivity contribution in [3.8, 4) is 5.75 Å². The summed E-state index contributed by atoms with van der Waals surface area (Å²) in [5.41, 5.74) is 0.201. The molecule has 0 aliphatic rings. The van der Waals surface area contributed by atoms with Crippen LogP contribution in [-0.2, 0) is 6.18 Å². The summed E-state index contributed by atoms with van der Waals surface area (Å²) in [7, 11) is 1.64. The normalized spacial score (nSPS) is 11.8. The zero-order valence-electron chi connectivity index (χ0n) is 13.6. The van der Waals surface area contributed by atoms with Crippen LogP contribution in [-0.4, -0.2) is 18.6 Å². The van der Waals surface area contributed by atoms with E-state index in [1.807, 2.05) is 0 Å². The third kappa shape index (κ3) is 5.27. The number of anilines is 2. The van der Waals surface area contributed by atoms with Crippen LogP contribution in [0.15, 0.2) is 67.2 Å². The van der Waals surface area contributed by atoms with E-state index >= 15 is 0 Å². The van der Waals surface area contributed by atoms with Crippen molar-refractivity contribution < 1.29 is 17.9 Å². The smallest absolute Gasteiger partial charge is 0.416 e. The maximum absolute atomic E-state index is 12.9. The van der Waals surface area contributed by atoms with Crippen LogP contribution >= 0.6 is 0 Å². The molecule has 2 aromatic rings. The van der Waals surface area contributed by atoms with E-state index in [0.29, 0.717) is 22.9 Å². The summed E-state index contributed by atoms with van der Waals surface area (Å²) in [5, 5.41) is 5.81. The zero-order chi connectivity index (χ0) is 18.3. The first-order chi connectivity index (χ1) is 11.9. The van der Waals surface area contributed by atoms with E-state index < -0.39 is 11.7 Å². The largest absolute Gasteiger partial charge is 0.458 e. The highest BCUT2D eigenvalue weighted by Gasteiger charge is 2.30. The van der Waals surface area contributed by atoms with Gasteiger partial charge in [-0.3, -0.25) is 4.98 Å². The van der Waals surface area contributed by atoms with Crippen LogP contribution in [0.5, 0.6) is 5.75 Å². The van der Waals surface area contributed by atoms with Crippen molar-refractivity contribution in [3.63, 3.8) is 0 Å². The van der Waals surface area contributed by atoms with Gasteiger partial charge in [-0.05, 0) is 42.5 Å². The van der Waals surface area contributed by atoms with Gasteiger partial charge in [0.15, 0.2) is 0 Å². The average Bonchev–Trinajstić information content (AvgIpc) is 2.60. The van der Waals surface area contributed by atoms with E-state index in [9.17, 15) is 13.2 Å². The minimum Gasteiger partial charge on any atom is -0.458 e. The molecule has 2 rings (SSSR count). The summed E-state index contributed by atoms with van der Waals surface area (Å²) in [4.78, 5) is 3.89. The van der Waals surface area contributed by atoms with Gasteiger partial charge in [-0.2, -0.15) is 13.2 Å². The monoisotopic (exact) mass is 349 g/mol. The molecular weight excluding hydrogens is 331 g/mol. The number of pyridine rings is 1. The third-order valence-corrected chi connectivity index (χ3v) is 3.30. The maximum Gasteiger partial charge on any atom is 0.416 e. The van der Waals surface area contributed by atoms with Crippen LogP contribution in [0.2, 0.25) is 0 Å². The van der Waals surface area contributed by atoms with Crippen molar-refractivity contribution in [3.05, 3.63) is 72.8 Å². The predicted molar refractivity (Wildman–Crippen MR) is 92.6 cm³/mol. The van der Waals surface area contributed by atoms with Crippen LogP contribution in [0.25, 0.3) is 0 Å². The fourth-order valence-corrected chi connectivity index (χ4v) is 2.06. The molecule has 4 nitrogen and oxygen atoms in total. The fourth-order valence-electron chi connectivity index (χ4n) is 2.06. The van der Waals surface area contributed by atoms with Gasteiger partial charge in [0.05, 0.1) is 16.9 Å². The minimum absolute atomic E-state index is 0.266. The molecule has 2 N–H and O–H groups in total. The number of benzene rings is 1. The molecular formula is C18H18F3N3O. The molecule has 1 aromatic heterocycles. The van der Waals surface area contributed by atoms with Gasteiger partial charge in [0.1, 0.15) is 11.5 Å². The fraction of sp³-hybridized carbons (Fsp3) is 0.167. The Morgan fingerprint density at radius 3 is 2.52 bits per heavy atom. The molecule has 0 aliphatic heterocycles. The molecule has 0 amide bonds. The number of hydrogen-bond acceptors (Lipinski definition) is 4. The lowest BCUT2D eigenvalue weighted by Gasteiger charge is -2.14. The summed E-state index contributed by atoms with van der Waals surface area (Å²) in [5.74, 6) is 1.08. The number of alkyl halides is 3. The lowest BCUT2D eigenvalue weighted by molar-refractivity contribution is -0.137. The number of ether oxygens (including phenoxy) is 1. The Balaban J connectivity index is 2.09. The Labute approximate surface area is 144 Å². The second-order valence-corrected chi connectivity index (χ2v) is 4.98. The van der Waals surface area contributed by atoms with E-state index in [2.05, 4.69) is 22.2 Å². The van der Waals surface area contributed by atoms with Gasteiger partial charge in [-0.25, -0.2) is 0 Å². The van der Waals surface area contributed by atoms with Gasteiger partial charge < -0.3 is 15.4 Å². The summed E-state index contributed by atoms with van der Waals surface area (Å²) < 4.78 is 44.2.